The molecule has 0 amide bonds. The number of hydrogen-bond acceptors (Lipinski definition) is 4. The van der Waals surface area contributed by atoms with Gasteiger partial charge in [-0.25, -0.2) is 4.68 Å². The van der Waals surface area contributed by atoms with E-state index < -0.39 is 0 Å². The van der Waals surface area contributed by atoms with Gasteiger partial charge in [-0.15, -0.1) is 0 Å². The van der Waals surface area contributed by atoms with E-state index in [0.717, 1.165) is 12.0 Å². The van der Waals surface area contributed by atoms with E-state index in [0.29, 0.717) is 16.7 Å². The number of phenols is 1. The van der Waals surface area contributed by atoms with Gasteiger partial charge in [0.05, 0.1) is 11.9 Å². The summed E-state index contributed by atoms with van der Waals surface area (Å²) in [7, 11) is 1.60. The molecule has 0 saturated carbocycles. The summed E-state index contributed by atoms with van der Waals surface area (Å²) < 4.78 is 1.76. The summed E-state index contributed by atoms with van der Waals surface area (Å²) in [5, 5.41) is 16.3. The van der Waals surface area contributed by atoms with Crippen LogP contribution in [0.3, 0.4) is 0 Å². The first kappa shape index (κ1) is 13.6. The van der Waals surface area contributed by atoms with Crippen LogP contribution in [0, 0.1) is 0 Å². The van der Waals surface area contributed by atoms with E-state index in [4.69, 9.17) is 0 Å². The standard InChI is InChI=1S/C13H14BrN3O2/c1-17-13(19)12(14)11(8-16-17)15-7-6-9-2-4-10(18)5-3-9/h2-5,8,15,18H,6-7H2,1H3. The van der Waals surface area contributed by atoms with Crippen molar-refractivity contribution < 1.29 is 5.11 Å². The predicted octanol–water partition coefficient (Wildman–Crippen LogP) is 1.90. The molecule has 1 heterocycles. The SMILES string of the molecule is Cn1ncc(NCCc2ccc(O)cc2)c(Br)c1=O. The predicted molar refractivity (Wildman–Crippen MR) is 77.5 cm³/mol. The maximum absolute atomic E-state index is 11.6. The first-order valence-electron chi connectivity index (χ1n) is 5.81. The van der Waals surface area contributed by atoms with Crippen molar-refractivity contribution in [2.45, 2.75) is 6.42 Å². The van der Waals surface area contributed by atoms with Gasteiger partial charge in [-0.3, -0.25) is 4.79 Å². The lowest BCUT2D eigenvalue weighted by atomic mass is 10.1. The molecule has 19 heavy (non-hydrogen) atoms. The Hall–Kier alpha value is -1.82. The van der Waals surface area contributed by atoms with Crippen molar-refractivity contribution in [2.75, 3.05) is 11.9 Å². The minimum Gasteiger partial charge on any atom is -0.508 e. The lowest BCUT2D eigenvalue weighted by Gasteiger charge is -2.08. The second-order valence-electron chi connectivity index (χ2n) is 4.14. The molecule has 0 unspecified atom stereocenters. The Labute approximate surface area is 119 Å². The molecular weight excluding hydrogens is 310 g/mol. The zero-order chi connectivity index (χ0) is 13.8. The van der Waals surface area contributed by atoms with Gasteiger partial charge >= 0.3 is 0 Å². The lowest BCUT2D eigenvalue weighted by molar-refractivity contribution is 0.475. The van der Waals surface area contributed by atoms with Gasteiger partial charge in [-0.2, -0.15) is 5.10 Å². The van der Waals surface area contributed by atoms with Crippen molar-refractivity contribution in [1.29, 1.82) is 0 Å². The first-order valence-corrected chi connectivity index (χ1v) is 6.61. The van der Waals surface area contributed by atoms with Crippen LogP contribution >= 0.6 is 15.9 Å². The van der Waals surface area contributed by atoms with Gasteiger partial charge in [0, 0.05) is 13.6 Å². The number of hydrogen-bond donors (Lipinski definition) is 2. The molecule has 0 aliphatic heterocycles. The number of nitrogens with one attached hydrogen (secondary N) is 1. The number of anilines is 1. The topological polar surface area (TPSA) is 67.2 Å². The number of benzene rings is 1. The van der Waals surface area contributed by atoms with Crippen molar-refractivity contribution >= 4 is 21.6 Å². The number of aromatic hydroxyl groups is 1. The molecule has 0 saturated heterocycles. The molecule has 5 nitrogen and oxygen atoms in total. The highest BCUT2D eigenvalue weighted by Gasteiger charge is 2.05. The van der Waals surface area contributed by atoms with E-state index in [1.54, 1.807) is 25.4 Å². The maximum Gasteiger partial charge on any atom is 0.282 e. The van der Waals surface area contributed by atoms with Crippen LogP contribution in [0.1, 0.15) is 5.56 Å². The molecule has 0 aliphatic carbocycles. The quantitative estimate of drug-likeness (QED) is 0.901. The highest BCUT2D eigenvalue weighted by atomic mass is 79.9. The summed E-state index contributed by atoms with van der Waals surface area (Å²) in [5.41, 5.74) is 1.62. The monoisotopic (exact) mass is 323 g/mol. The van der Waals surface area contributed by atoms with Gasteiger partial charge in [0.25, 0.3) is 5.56 Å². The van der Waals surface area contributed by atoms with Gasteiger partial charge in [0.15, 0.2) is 0 Å². The van der Waals surface area contributed by atoms with Crippen LogP contribution in [0.5, 0.6) is 5.75 Å². The highest BCUT2D eigenvalue weighted by Crippen LogP contribution is 2.16. The Bertz CT molecular complexity index is 623. The summed E-state index contributed by atoms with van der Waals surface area (Å²) in [5.74, 6) is 0.259. The molecule has 1 aromatic carbocycles. The average molecular weight is 324 g/mol. The van der Waals surface area contributed by atoms with Gasteiger partial charge in [0.2, 0.25) is 0 Å². The molecule has 6 heteroatoms. The van der Waals surface area contributed by atoms with Crippen molar-refractivity contribution in [3.05, 3.63) is 50.9 Å². The van der Waals surface area contributed by atoms with Gasteiger partial charge < -0.3 is 10.4 Å². The Morgan fingerprint density at radius 1 is 1.37 bits per heavy atom. The fraction of sp³-hybridized carbons (Fsp3) is 0.231. The zero-order valence-electron chi connectivity index (χ0n) is 10.4. The van der Waals surface area contributed by atoms with Crippen molar-refractivity contribution in [3.63, 3.8) is 0 Å². The van der Waals surface area contributed by atoms with Crippen LogP contribution in [-0.4, -0.2) is 21.4 Å². The number of nitrogens with zero attached hydrogens (tertiary/aromatic N) is 2. The van der Waals surface area contributed by atoms with Gasteiger partial charge in [-0.05, 0) is 40.0 Å². The number of rotatable bonds is 4. The van der Waals surface area contributed by atoms with E-state index in [1.807, 2.05) is 12.1 Å². The molecule has 2 rings (SSSR count). The van der Waals surface area contributed by atoms with E-state index in [1.165, 1.54) is 4.68 Å². The van der Waals surface area contributed by atoms with E-state index >= 15 is 0 Å². The Morgan fingerprint density at radius 2 is 2.05 bits per heavy atom. The van der Waals surface area contributed by atoms with Gasteiger partial charge in [-0.1, -0.05) is 12.1 Å². The fourth-order valence-electron chi connectivity index (χ4n) is 1.64. The molecule has 2 aromatic rings. The largest absolute Gasteiger partial charge is 0.508 e. The summed E-state index contributed by atoms with van der Waals surface area (Å²) in [6, 6.07) is 7.05. The van der Waals surface area contributed by atoms with Crippen LogP contribution in [0.2, 0.25) is 0 Å². The average Bonchev–Trinajstić information content (AvgIpc) is 2.41. The molecule has 1 aromatic heterocycles. The third-order valence-electron chi connectivity index (χ3n) is 2.74. The molecule has 0 radical (unpaired) electrons. The molecule has 0 aliphatic rings. The highest BCUT2D eigenvalue weighted by molar-refractivity contribution is 9.10. The van der Waals surface area contributed by atoms with Crippen molar-refractivity contribution in [1.82, 2.24) is 9.78 Å². The fourth-order valence-corrected chi connectivity index (χ4v) is 2.14. The minimum absolute atomic E-state index is 0.172. The minimum atomic E-state index is -0.172. The Balaban J connectivity index is 1.98. The summed E-state index contributed by atoms with van der Waals surface area (Å²) in [4.78, 5) is 11.6. The van der Waals surface area contributed by atoms with E-state index in [9.17, 15) is 9.90 Å². The van der Waals surface area contributed by atoms with Crippen LogP contribution in [0.25, 0.3) is 0 Å². The summed E-state index contributed by atoms with van der Waals surface area (Å²) >= 11 is 3.26. The van der Waals surface area contributed by atoms with Crippen LogP contribution in [0.4, 0.5) is 5.69 Å². The molecule has 100 valence electrons. The maximum atomic E-state index is 11.6. The number of halogens is 1. The van der Waals surface area contributed by atoms with Crippen molar-refractivity contribution in [3.8, 4) is 5.75 Å². The van der Waals surface area contributed by atoms with Crippen LogP contribution in [0.15, 0.2) is 39.7 Å². The second-order valence-corrected chi connectivity index (χ2v) is 4.94. The molecule has 0 atom stereocenters. The van der Waals surface area contributed by atoms with Gasteiger partial charge in [0.1, 0.15) is 10.2 Å². The van der Waals surface area contributed by atoms with E-state index in [-0.39, 0.29) is 11.3 Å². The van der Waals surface area contributed by atoms with E-state index in [2.05, 4.69) is 26.3 Å². The van der Waals surface area contributed by atoms with Crippen LogP contribution < -0.4 is 10.9 Å². The molecule has 0 spiro atoms. The molecule has 0 fully saturated rings. The molecule has 0 bridgehead atoms. The third-order valence-corrected chi connectivity index (χ3v) is 3.51. The number of phenolic OH excluding ortho intramolecular Hbond substituents is 1. The van der Waals surface area contributed by atoms with Crippen LogP contribution in [-0.2, 0) is 13.5 Å². The Morgan fingerprint density at radius 3 is 2.74 bits per heavy atom. The lowest BCUT2D eigenvalue weighted by Crippen LogP contribution is -2.21. The summed E-state index contributed by atoms with van der Waals surface area (Å²) in [6.07, 6.45) is 2.41. The second kappa shape index (κ2) is 5.88. The smallest absolute Gasteiger partial charge is 0.282 e. The third kappa shape index (κ3) is 3.35. The zero-order valence-corrected chi connectivity index (χ0v) is 12.0. The molecule has 2 N–H and O–H groups in total. The van der Waals surface area contributed by atoms with Crippen molar-refractivity contribution in [2.24, 2.45) is 7.05 Å². The molecular formula is C13H14BrN3O2. The Kier molecular flexibility index (Phi) is 4.21. The summed E-state index contributed by atoms with van der Waals surface area (Å²) in [6.45, 7) is 0.679. The normalized spacial score (nSPS) is 10.4. The first-order chi connectivity index (χ1) is 9.08. The number of aryl methyl sites for hydroxylation is 1. The number of aromatic nitrogens is 2.